The van der Waals surface area contributed by atoms with E-state index in [-0.39, 0.29) is 0 Å². The highest BCUT2D eigenvalue weighted by Gasteiger charge is 2.16. The molecule has 0 radical (unpaired) electrons. The van der Waals surface area contributed by atoms with Gasteiger partial charge >= 0.3 is 0 Å². The first kappa shape index (κ1) is 10.5. The second kappa shape index (κ2) is 4.64. The summed E-state index contributed by atoms with van der Waals surface area (Å²) in [6.45, 7) is 5.29. The van der Waals surface area contributed by atoms with Gasteiger partial charge in [-0.05, 0) is 20.3 Å². The highest BCUT2D eigenvalue weighted by molar-refractivity contribution is 8.00. The topological polar surface area (TPSA) is 24.9 Å². The monoisotopic (exact) mass is 228 g/mol. The van der Waals surface area contributed by atoms with E-state index in [0.29, 0.717) is 0 Å². The number of aryl methyl sites for hydroxylation is 2. The lowest BCUT2D eigenvalue weighted by molar-refractivity contribution is 0.586. The fourth-order valence-electron chi connectivity index (χ4n) is 1.55. The molecular weight excluding hydrogens is 212 g/mol. The molecule has 0 atom stereocenters. The number of hydrogen-bond acceptors (Lipinski definition) is 4. The molecule has 2 rings (SSSR count). The van der Waals surface area contributed by atoms with Crippen molar-refractivity contribution in [3.63, 3.8) is 0 Å². The predicted molar refractivity (Wildman–Crippen MR) is 64.4 cm³/mol. The molecule has 0 aliphatic carbocycles. The first-order chi connectivity index (χ1) is 6.75. The molecule has 1 saturated heterocycles. The average molecular weight is 228 g/mol. The molecule has 14 heavy (non-hydrogen) atoms. The summed E-state index contributed by atoms with van der Waals surface area (Å²) in [5, 5.41) is 4.75. The molecule has 1 N–H and O–H groups in total. The van der Waals surface area contributed by atoms with Crippen molar-refractivity contribution >= 4 is 23.1 Å². The van der Waals surface area contributed by atoms with Gasteiger partial charge in [0.15, 0.2) is 0 Å². The van der Waals surface area contributed by atoms with Crippen LogP contribution in [0, 0.1) is 13.8 Å². The molecule has 2 nitrogen and oxygen atoms in total. The lowest BCUT2D eigenvalue weighted by Crippen LogP contribution is -2.41. The smallest absolute Gasteiger partial charge is 0.0900 e. The van der Waals surface area contributed by atoms with Gasteiger partial charge in [0.1, 0.15) is 0 Å². The van der Waals surface area contributed by atoms with Gasteiger partial charge < -0.3 is 5.32 Å². The molecule has 2 heterocycles. The van der Waals surface area contributed by atoms with Crippen molar-refractivity contribution in [1.82, 2.24) is 10.3 Å². The molecule has 1 aromatic rings. The van der Waals surface area contributed by atoms with Crippen molar-refractivity contribution in [2.75, 3.05) is 18.1 Å². The van der Waals surface area contributed by atoms with E-state index in [1.165, 1.54) is 27.1 Å². The lowest BCUT2D eigenvalue weighted by Gasteiger charge is -2.25. The number of thioether (sulfide) groups is 1. The largest absolute Gasteiger partial charge is 0.312 e. The van der Waals surface area contributed by atoms with Gasteiger partial charge in [-0.25, -0.2) is 4.98 Å². The average Bonchev–Trinajstić information content (AvgIpc) is 2.36. The molecule has 1 aromatic heterocycles. The minimum atomic E-state index is 0.773. The second-order valence-corrected chi connectivity index (χ2v) is 6.04. The van der Waals surface area contributed by atoms with Crippen LogP contribution in [0.15, 0.2) is 0 Å². The lowest BCUT2D eigenvalue weighted by atomic mass is 10.3. The van der Waals surface area contributed by atoms with Crippen LogP contribution in [-0.2, 0) is 6.42 Å². The Balaban J connectivity index is 1.76. The van der Waals surface area contributed by atoms with Crippen LogP contribution in [0.1, 0.15) is 15.6 Å². The standard InChI is InChI=1S/C10H16N2S2/c1-7-10(14-8(2)12-7)3-4-11-9-5-13-6-9/h9,11H,3-6H2,1-2H3. The Morgan fingerprint density at radius 3 is 2.71 bits per heavy atom. The molecule has 0 spiro atoms. The maximum absolute atomic E-state index is 4.43. The summed E-state index contributed by atoms with van der Waals surface area (Å²) in [4.78, 5) is 5.88. The minimum absolute atomic E-state index is 0.773. The van der Waals surface area contributed by atoms with Crippen LogP contribution >= 0.6 is 23.1 Å². The Morgan fingerprint density at radius 1 is 1.43 bits per heavy atom. The first-order valence-corrected chi connectivity index (χ1v) is 6.97. The van der Waals surface area contributed by atoms with Crippen molar-refractivity contribution in [2.45, 2.75) is 26.3 Å². The zero-order valence-electron chi connectivity index (χ0n) is 8.67. The Kier molecular flexibility index (Phi) is 3.47. The SMILES string of the molecule is Cc1nc(C)c(CCNC2CSC2)s1. The Bertz CT molecular complexity index is 305. The van der Waals surface area contributed by atoms with Crippen molar-refractivity contribution in [3.8, 4) is 0 Å². The van der Waals surface area contributed by atoms with Crippen molar-refractivity contribution in [2.24, 2.45) is 0 Å². The molecule has 78 valence electrons. The van der Waals surface area contributed by atoms with Crippen LogP contribution in [-0.4, -0.2) is 29.1 Å². The van der Waals surface area contributed by atoms with E-state index in [1.54, 1.807) is 0 Å². The minimum Gasteiger partial charge on any atom is -0.312 e. The number of hydrogen-bond donors (Lipinski definition) is 1. The van der Waals surface area contributed by atoms with E-state index >= 15 is 0 Å². The van der Waals surface area contributed by atoms with Gasteiger partial charge in [-0.3, -0.25) is 0 Å². The molecule has 0 unspecified atom stereocenters. The van der Waals surface area contributed by atoms with Gasteiger partial charge in [-0.1, -0.05) is 0 Å². The van der Waals surface area contributed by atoms with Crippen LogP contribution < -0.4 is 5.32 Å². The zero-order valence-corrected chi connectivity index (χ0v) is 10.3. The first-order valence-electron chi connectivity index (χ1n) is 5.00. The molecule has 0 amide bonds. The molecule has 1 fully saturated rings. The van der Waals surface area contributed by atoms with Gasteiger partial charge in [0, 0.05) is 29.0 Å². The van der Waals surface area contributed by atoms with Gasteiger partial charge in [-0.2, -0.15) is 11.8 Å². The fraction of sp³-hybridized carbons (Fsp3) is 0.700. The summed E-state index contributed by atoms with van der Waals surface area (Å²) >= 11 is 3.86. The number of nitrogens with zero attached hydrogens (tertiary/aromatic N) is 1. The molecular formula is C10H16N2S2. The normalized spacial score (nSPS) is 17.0. The van der Waals surface area contributed by atoms with Gasteiger partial charge in [0.05, 0.1) is 10.7 Å². The number of aromatic nitrogens is 1. The molecule has 1 aliphatic heterocycles. The molecule has 1 aliphatic rings. The quantitative estimate of drug-likeness (QED) is 0.853. The summed E-state index contributed by atoms with van der Waals surface area (Å²) in [6.07, 6.45) is 1.14. The second-order valence-electron chi connectivity index (χ2n) is 3.68. The van der Waals surface area contributed by atoms with Crippen LogP contribution in [0.4, 0.5) is 0 Å². The van der Waals surface area contributed by atoms with E-state index < -0.39 is 0 Å². The fourth-order valence-corrected chi connectivity index (χ4v) is 3.19. The van der Waals surface area contributed by atoms with Crippen LogP contribution in [0.25, 0.3) is 0 Å². The molecule has 0 aromatic carbocycles. The van der Waals surface area contributed by atoms with E-state index in [4.69, 9.17) is 0 Å². The number of rotatable bonds is 4. The Morgan fingerprint density at radius 2 is 2.21 bits per heavy atom. The number of nitrogens with one attached hydrogen (secondary N) is 1. The zero-order chi connectivity index (χ0) is 9.97. The predicted octanol–water partition coefficient (Wildman–Crippen LogP) is 2.01. The van der Waals surface area contributed by atoms with E-state index in [2.05, 4.69) is 24.1 Å². The van der Waals surface area contributed by atoms with E-state index in [9.17, 15) is 0 Å². The van der Waals surface area contributed by atoms with Crippen LogP contribution in [0.2, 0.25) is 0 Å². The van der Waals surface area contributed by atoms with Crippen molar-refractivity contribution in [3.05, 3.63) is 15.6 Å². The molecule has 0 saturated carbocycles. The van der Waals surface area contributed by atoms with Crippen molar-refractivity contribution in [1.29, 1.82) is 0 Å². The van der Waals surface area contributed by atoms with Crippen molar-refractivity contribution < 1.29 is 0 Å². The maximum Gasteiger partial charge on any atom is 0.0900 e. The summed E-state index contributed by atoms with van der Waals surface area (Å²) in [5.41, 5.74) is 1.22. The van der Waals surface area contributed by atoms with E-state index in [1.807, 2.05) is 23.1 Å². The number of thiazole rings is 1. The maximum atomic E-state index is 4.43. The summed E-state index contributed by atoms with van der Waals surface area (Å²) in [7, 11) is 0. The van der Waals surface area contributed by atoms with E-state index in [0.717, 1.165) is 19.0 Å². The van der Waals surface area contributed by atoms with Crippen LogP contribution in [0.3, 0.4) is 0 Å². The highest BCUT2D eigenvalue weighted by atomic mass is 32.2. The summed E-state index contributed by atoms with van der Waals surface area (Å²) in [5.74, 6) is 2.58. The summed E-state index contributed by atoms with van der Waals surface area (Å²) in [6, 6.07) is 0.773. The highest BCUT2D eigenvalue weighted by Crippen LogP contribution is 2.19. The third kappa shape index (κ3) is 2.49. The third-order valence-corrected chi connectivity index (χ3v) is 4.83. The Hall–Kier alpha value is -0.0600. The van der Waals surface area contributed by atoms with Gasteiger partial charge in [-0.15, -0.1) is 11.3 Å². The summed E-state index contributed by atoms with van der Waals surface area (Å²) < 4.78 is 0. The Labute approximate surface area is 93.5 Å². The molecule has 0 bridgehead atoms. The molecule has 4 heteroatoms. The van der Waals surface area contributed by atoms with Crippen LogP contribution in [0.5, 0.6) is 0 Å². The van der Waals surface area contributed by atoms with Gasteiger partial charge in [0.2, 0.25) is 0 Å². The third-order valence-electron chi connectivity index (χ3n) is 2.42. The van der Waals surface area contributed by atoms with Gasteiger partial charge in [0.25, 0.3) is 0 Å².